The minimum Gasteiger partial charge on any atom is -0.457 e. The molecule has 5 heteroatoms. The average Bonchev–Trinajstić information content (AvgIpc) is 2.57. The number of ether oxygens (including phenoxy) is 1. The van der Waals surface area contributed by atoms with Gasteiger partial charge < -0.3 is 4.74 Å². The molecule has 0 aliphatic carbocycles. The highest BCUT2D eigenvalue weighted by molar-refractivity contribution is 7.66. The summed E-state index contributed by atoms with van der Waals surface area (Å²) in [6, 6.07) is 22.0. The highest BCUT2D eigenvalue weighted by Crippen LogP contribution is 2.31. The van der Waals surface area contributed by atoms with Crippen LogP contribution < -0.4 is 10.0 Å². The Labute approximate surface area is 152 Å². The Hall–Kier alpha value is -1.86. The summed E-state index contributed by atoms with van der Waals surface area (Å²) in [6.45, 7) is 0. The van der Waals surface area contributed by atoms with Gasteiger partial charge in [0.05, 0.1) is 15.6 Å². The normalized spacial score (nSPS) is 10.9. The van der Waals surface area contributed by atoms with Crippen LogP contribution in [0.15, 0.2) is 72.8 Å². The summed E-state index contributed by atoms with van der Waals surface area (Å²) in [4.78, 5) is 12.4. The number of hydrogen-bond donors (Lipinski definition) is 0. The van der Waals surface area contributed by atoms with Crippen LogP contribution in [0.3, 0.4) is 0 Å². The van der Waals surface area contributed by atoms with Gasteiger partial charge in [-0.05, 0) is 50.3 Å². The van der Waals surface area contributed by atoms with E-state index in [1.165, 1.54) is 0 Å². The summed E-state index contributed by atoms with van der Waals surface area (Å²) >= 11 is 12.2. The van der Waals surface area contributed by atoms with E-state index < -0.39 is 0 Å². The smallest absolute Gasteiger partial charge is 0.188 e. The number of carbonyl (C=O) groups is 1. The second-order valence-corrected chi connectivity index (χ2v) is 7.09. The highest BCUT2D eigenvalue weighted by atomic mass is 35.5. The van der Waals surface area contributed by atoms with Gasteiger partial charge in [0.15, 0.2) is 5.52 Å². The van der Waals surface area contributed by atoms with Crippen LogP contribution in [0, 0.1) is 0 Å². The minimum atomic E-state index is -0.0812. The lowest BCUT2D eigenvalue weighted by Gasteiger charge is -2.08. The van der Waals surface area contributed by atoms with Crippen molar-refractivity contribution < 1.29 is 9.53 Å². The molecule has 1 atom stereocenters. The van der Waals surface area contributed by atoms with Crippen molar-refractivity contribution in [2.24, 2.45) is 0 Å². The van der Waals surface area contributed by atoms with Crippen molar-refractivity contribution in [3.63, 3.8) is 0 Å². The van der Waals surface area contributed by atoms with Crippen molar-refractivity contribution in [2.45, 2.75) is 0 Å². The molecule has 1 unspecified atom stereocenters. The third kappa shape index (κ3) is 4.15. The Morgan fingerprint density at radius 3 is 1.96 bits per heavy atom. The summed E-state index contributed by atoms with van der Waals surface area (Å²) in [7, 11) is -0.0506. The van der Waals surface area contributed by atoms with Gasteiger partial charge in [-0.25, -0.2) is 0 Å². The molecule has 120 valence electrons. The number of halogens is 2. The number of rotatable bonds is 5. The van der Waals surface area contributed by atoms with E-state index in [-0.39, 0.29) is 14.1 Å². The summed E-state index contributed by atoms with van der Waals surface area (Å²) in [5.74, 6) is 1.49. The fourth-order valence-electron chi connectivity index (χ4n) is 2.14. The van der Waals surface area contributed by atoms with E-state index in [1.54, 1.807) is 18.2 Å². The van der Waals surface area contributed by atoms with Crippen molar-refractivity contribution in [2.75, 3.05) is 0 Å². The zero-order chi connectivity index (χ0) is 16.9. The Morgan fingerprint density at radius 2 is 1.33 bits per heavy atom. The van der Waals surface area contributed by atoms with Crippen LogP contribution in [0.5, 0.6) is 11.5 Å². The van der Waals surface area contributed by atoms with Gasteiger partial charge in [-0.15, -0.1) is 0 Å². The van der Waals surface area contributed by atoms with E-state index in [4.69, 9.17) is 27.9 Å². The lowest BCUT2D eigenvalue weighted by molar-refractivity contribution is 0.108. The fraction of sp³-hybridized carbons (Fsp3) is 0. The number of para-hydroxylation sites is 1. The van der Waals surface area contributed by atoms with Crippen molar-refractivity contribution in [1.29, 1.82) is 0 Å². The molecule has 0 saturated carbocycles. The molecule has 0 fully saturated rings. The van der Waals surface area contributed by atoms with Crippen LogP contribution in [0.2, 0.25) is 10.0 Å². The molecule has 0 aliphatic rings. The van der Waals surface area contributed by atoms with Crippen LogP contribution >= 0.6 is 31.8 Å². The lowest BCUT2D eigenvalue weighted by Crippen LogP contribution is -2.02. The van der Waals surface area contributed by atoms with Crippen molar-refractivity contribution in [3.05, 3.63) is 88.4 Å². The Kier molecular flexibility index (Phi) is 5.52. The van der Waals surface area contributed by atoms with Crippen LogP contribution in [0.1, 0.15) is 10.4 Å². The predicted molar refractivity (Wildman–Crippen MR) is 102 cm³/mol. The molecule has 0 amide bonds. The molecule has 24 heavy (non-hydrogen) atoms. The maximum Gasteiger partial charge on any atom is 0.188 e. The van der Waals surface area contributed by atoms with Gasteiger partial charge in [-0.1, -0.05) is 59.6 Å². The van der Waals surface area contributed by atoms with Gasteiger partial charge in [0.25, 0.3) is 0 Å². The van der Waals surface area contributed by atoms with Crippen LogP contribution in [-0.2, 0) is 0 Å². The second kappa shape index (κ2) is 7.81. The van der Waals surface area contributed by atoms with Crippen molar-refractivity contribution in [3.8, 4) is 11.5 Å². The molecule has 0 spiro atoms. The summed E-state index contributed by atoms with van der Waals surface area (Å²) < 4.78 is 5.74. The van der Waals surface area contributed by atoms with Gasteiger partial charge in [0.2, 0.25) is 0 Å². The van der Waals surface area contributed by atoms with E-state index in [1.807, 2.05) is 54.6 Å². The predicted octanol–water partition coefficient (Wildman–Crippen LogP) is 5.93. The van der Waals surface area contributed by atoms with Crippen LogP contribution in [-0.4, -0.2) is 5.52 Å². The van der Waals surface area contributed by atoms with E-state index in [2.05, 4.69) is 0 Å². The highest BCUT2D eigenvalue weighted by Gasteiger charge is 2.15. The Bertz CT molecular complexity index is 829. The first-order chi connectivity index (χ1) is 11.6. The van der Waals surface area contributed by atoms with Gasteiger partial charge >= 0.3 is 0 Å². The molecule has 0 bridgehead atoms. The van der Waals surface area contributed by atoms with Gasteiger partial charge in [-0.2, -0.15) is 0 Å². The van der Waals surface area contributed by atoms with E-state index in [0.717, 1.165) is 16.8 Å². The molecule has 0 N–H and O–H groups in total. The monoisotopic (exact) mass is 374 g/mol. The molecule has 0 heterocycles. The third-order valence-electron chi connectivity index (χ3n) is 3.28. The van der Waals surface area contributed by atoms with Gasteiger partial charge in [0, 0.05) is 0 Å². The van der Waals surface area contributed by atoms with E-state index in [9.17, 15) is 4.79 Å². The first-order valence-electron chi connectivity index (χ1n) is 7.22. The van der Waals surface area contributed by atoms with Crippen LogP contribution in [0.4, 0.5) is 0 Å². The molecule has 3 rings (SSSR count). The Morgan fingerprint density at radius 1 is 0.750 bits per heavy atom. The maximum atomic E-state index is 12.4. The minimum absolute atomic E-state index is 0.0506. The number of benzene rings is 3. The number of hydrogen-bond acceptors (Lipinski definition) is 2. The molecule has 0 radical (unpaired) electrons. The third-order valence-corrected chi connectivity index (χ3v) is 5.01. The standard InChI is InChI=1S/C19H13Cl2O2P/c20-16-7-4-8-17(21)18(16)19(22)24-15-11-9-14(10-12-15)23-13-5-2-1-3-6-13/h1-12,24H. The molecular weight excluding hydrogens is 362 g/mol. The average molecular weight is 375 g/mol. The van der Waals surface area contributed by atoms with Crippen LogP contribution in [0.25, 0.3) is 0 Å². The van der Waals surface area contributed by atoms with Gasteiger partial charge in [0.1, 0.15) is 11.5 Å². The first kappa shape index (κ1) is 17.0. The largest absolute Gasteiger partial charge is 0.457 e. The maximum absolute atomic E-state index is 12.4. The Balaban J connectivity index is 1.71. The zero-order valence-corrected chi connectivity index (χ0v) is 15.0. The molecule has 3 aromatic rings. The van der Waals surface area contributed by atoms with E-state index in [0.29, 0.717) is 15.6 Å². The van der Waals surface area contributed by atoms with E-state index >= 15 is 0 Å². The quantitative estimate of drug-likeness (QED) is 0.517. The van der Waals surface area contributed by atoms with Crippen molar-refractivity contribution in [1.82, 2.24) is 0 Å². The molecule has 0 saturated heterocycles. The first-order valence-corrected chi connectivity index (χ1v) is 8.97. The van der Waals surface area contributed by atoms with Gasteiger partial charge in [-0.3, -0.25) is 4.79 Å². The summed E-state index contributed by atoms with van der Waals surface area (Å²) in [5.41, 5.74) is 0.297. The molecule has 0 aliphatic heterocycles. The topological polar surface area (TPSA) is 26.3 Å². The zero-order valence-electron chi connectivity index (χ0n) is 12.5. The molecule has 3 aromatic carbocycles. The van der Waals surface area contributed by atoms with Crippen molar-refractivity contribution >= 4 is 42.6 Å². The molecule has 0 aromatic heterocycles. The fourth-order valence-corrected chi connectivity index (χ4v) is 3.86. The lowest BCUT2D eigenvalue weighted by atomic mass is 10.2. The number of carbonyl (C=O) groups excluding carboxylic acids is 1. The molecular formula is C19H13Cl2O2P. The second-order valence-electron chi connectivity index (χ2n) is 4.99. The summed E-state index contributed by atoms with van der Waals surface area (Å²) in [6.07, 6.45) is 0. The molecule has 2 nitrogen and oxygen atoms in total. The summed E-state index contributed by atoms with van der Waals surface area (Å²) in [5, 5.41) is 1.66. The SMILES string of the molecule is O=C(Pc1ccc(Oc2ccccc2)cc1)c1c(Cl)cccc1Cl.